The van der Waals surface area contributed by atoms with E-state index in [4.69, 9.17) is 0 Å². The molecule has 2 rings (SSSR count). The first kappa shape index (κ1) is 10.7. The molecule has 84 valence electrons. The Hall–Kier alpha value is -0.830. The summed E-state index contributed by atoms with van der Waals surface area (Å²) in [6.45, 7) is 8.91. The molecule has 2 aliphatic rings. The maximum atomic E-state index is 11.2. The average molecular weight is 208 g/mol. The third kappa shape index (κ3) is 2.40. The van der Waals surface area contributed by atoms with Crippen molar-refractivity contribution in [1.29, 1.82) is 0 Å². The number of hydrogen-bond donors (Lipinski definition) is 0. The van der Waals surface area contributed by atoms with Crippen molar-refractivity contribution in [3.8, 4) is 0 Å². The van der Waals surface area contributed by atoms with Gasteiger partial charge >= 0.3 is 0 Å². The van der Waals surface area contributed by atoms with Crippen LogP contribution >= 0.6 is 0 Å². The summed E-state index contributed by atoms with van der Waals surface area (Å²) in [5.41, 5.74) is 1.27. The highest BCUT2D eigenvalue weighted by atomic mass is 16.1. The van der Waals surface area contributed by atoms with Gasteiger partial charge in [0.2, 0.25) is 0 Å². The minimum absolute atomic E-state index is 0.302. The Labute approximate surface area is 91.7 Å². The zero-order valence-electron chi connectivity index (χ0n) is 9.70. The van der Waals surface area contributed by atoms with Gasteiger partial charge in [0.1, 0.15) is 0 Å². The predicted molar refractivity (Wildman–Crippen MR) is 60.6 cm³/mol. The van der Waals surface area contributed by atoms with E-state index in [1.54, 1.807) is 0 Å². The van der Waals surface area contributed by atoms with E-state index >= 15 is 0 Å². The fourth-order valence-corrected chi connectivity index (χ4v) is 2.36. The first-order valence-electron chi connectivity index (χ1n) is 5.89. The third-order valence-corrected chi connectivity index (χ3v) is 3.41. The lowest BCUT2D eigenvalue weighted by Crippen LogP contribution is -2.48. The second-order valence-electron chi connectivity index (χ2n) is 4.72. The number of nitrogens with zero attached hydrogens (tertiary/aromatic N) is 2. The first-order valence-corrected chi connectivity index (χ1v) is 5.89. The van der Waals surface area contributed by atoms with Crippen LogP contribution in [0.4, 0.5) is 0 Å². The molecule has 15 heavy (non-hydrogen) atoms. The summed E-state index contributed by atoms with van der Waals surface area (Å²) in [5, 5.41) is 0. The average Bonchev–Trinajstić information content (AvgIpc) is 2.65. The maximum Gasteiger partial charge on any atom is 0.157 e. The summed E-state index contributed by atoms with van der Waals surface area (Å²) < 4.78 is 0. The van der Waals surface area contributed by atoms with Gasteiger partial charge < -0.3 is 4.90 Å². The van der Waals surface area contributed by atoms with Gasteiger partial charge in [-0.05, 0) is 20.3 Å². The van der Waals surface area contributed by atoms with Crippen molar-refractivity contribution in [2.75, 3.05) is 26.2 Å². The van der Waals surface area contributed by atoms with Gasteiger partial charge in [-0.2, -0.15) is 0 Å². The Morgan fingerprint density at radius 3 is 2.27 bits per heavy atom. The van der Waals surface area contributed by atoms with Crippen molar-refractivity contribution in [3.05, 3.63) is 11.8 Å². The van der Waals surface area contributed by atoms with E-state index in [2.05, 4.69) is 23.6 Å². The molecule has 0 aromatic rings. The summed E-state index contributed by atoms with van der Waals surface area (Å²) in [5.74, 6) is 0.302. The van der Waals surface area contributed by atoms with Crippen LogP contribution in [0, 0.1) is 0 Å². The van der Waals surface area contributed by atoms with Crippen LogP contribution in [-0.4, -0.2) is 47.8 Å². The van der Waals surface area contributed by atoms with Gasteiger partial charge in [0.25, 0.3) is 0 Å². The molecule has 1 heterocycles. The molecule has 0 aromatic carbocycles. The highest BCUT2D eigenvalue weighted by molar-refractivity contribution is 5.92. The van der Waals surface area contributed by atoms with E-state index in [0.29, 0.717) is 11.8 Å². The van der Waals surface area contributed by atoms with E-state index in [1.165, 1.54) is 5.70 Å². The monoisotopic (exact) mass is 208 g/mol. The van der Waals surface area contributed by atoms with Crippen LogP contribution in [0.1, 0.15) is 26.7 Å². The van der Waals surface area contributed by atoms with E-state index in [1.807, 2.05) is 6.08 Å². The Bertz CT molecular complexity index is 275. The summed E-state index contributed by atoms with van der Waals surface area (Å²) >= 11 is 0. The first-order chi connectivity index (χ1) is 7.16. The van der Waals surface area contributed by atoms with Crippen LogP contribution in [0.3, 0.4) is 0 Å². The number of allylic oxidation sites excluding steroid dienone is 2. The smallest absolute Gasteiger partial charge is 0.157 e. The lowest BCUT2D eigenvalue weighted by Gasteiger charge is -2.38. The molecule has 0 aromatic heterocycles. The SMILES string of the molecule is CC(C)N1CCN(C2=CC(=O)CC2)CC1. The van der Waals surface area contributed by atoms with Gasteiger partial charge in [0.05, 0.1) is 0 Å². The van der Waals surface area contributed by atoms with Crippen molar-refractivity contribution in [3.63, 3.8) is 0 Å². The highest BCUT2D eigenvalue weighted by Crippen LogP contribution is 2.21. The fraction of sp³-hybridized carbons (Fsp3) is 0.750. The molecule has 0 spiro atoms. The number of hydrogen-bond acceptors (Lipinski definition) is 3. The number of rotatable bonds is 2. The minimum atomic E-state index is 0.302. The molecule has 0 amide bonds. The molecule has 1 saturated heterocycles. The molecule has 0 N–H and O–H groups in total. The summed E-state index contributed by atoms with van der Waals surface area (Å²) in [6.07, 6.45) is 3.52. The number of ketones is 1. The zero-order valence-corrected chi connectivity index (χ0v) is 9.70. The Morgan fingerprint density at radius 1 is 1.13 bits per heavy atom. The molecule has 1 fully saturated rings. The molecule has 3 nitrogen and oxygen atoms in total. The van der Waals surface area contributed by atoms with E-state index in [9.17, 15) is 4.79 Å². The topological polar surface area (TPSA) is 23.6 Å². The van der Waals surface area contributed by atoms with E-state index in [-0.39, 0.29) is 0 Å². The predicted octanol–water partition coefficient (Wildman–Crippen LogP) is 1.26. The molecule has 0 unspecified atom stereocenters. The second kappa shape index (κ2) is 4.35. The molecular formula is C12H20N2O. The molecule has 0 atom stereocenters. The number of carbonyl (C=O) groups is 1. The van der Waals surface area contributed by atoms with Crippen LogP contribution in [-0.2, 0) is 4.79 Å². The lowest BCUT2D eigenvalue weighted by atomic mass is 10.2. The Balaban J connectivity index is 1.88. The molecular weight excluding hydrogens is 188 g/mol. The van der Waals surface area contributed by atoms with Crippen LogP contribution in [0.2, 0.25) is 0 Å². The second-order valence-corrected chi connectivity index (χ2v) is 4.72. The highest BCUT2D eigenvalue weighted by Gasteiger charge is 2.23. The molecule has 0 bridgehead atoms. The van der Waals surface area contributed by atoms with E-state index < -0.39 is 0 Å². The van der Waals surface area contributed by atoms with E-state index in [0.717, 1.165) is 39.0 Å². The molecule has 3 heteroatoms. The normalized spacial score (nSPS) is 23.8. The Morgan fingerprint density at radius 2 is 1.80 bits per heavy atom. The fourth-order valence-electron chi connectivity index (χ4n) is 2.36. The molecule has 1 aliphatic carbocycles. The third-order valence-electron chi connectivity index (χ3n) is 3.41. The zero-order chi connectivity index (χ0) is 10.8. The molecule has 1 aliphatic heterocycles. The van der Waals surface area contributed by atoms with Crippen molar-refractivity contribution < 1.29 is 4.79 Å². The van der Waals surface area contributed by atoms with Crippen LogP contribution < -0.4 is 0 Å². The van der Waals surface area contributed by atoms with Gasteiger partial charge in [-0.1, -0.05) is 0 Å². The lowest BCUT2D eigenvalue weighted by molar-refractivity contribution is -0.114. The summed E-state index contributed by atoms with van der Waals surface area (Å²) in [6, 6.07) is 0.645. The molecule has 0 saturated carbocycles. The van der Waals surface area contributed by atoms with Gasteiger partial charge in [-0.15, -0.1) is 0 Å². The van der Waals surface area contributed by atoms with Crippen molar-refractivity contribution >= 4 is 5.78 Å². The standard InChI is InChI=1S/C12H20N2O/c1-10(2)13-5-7-14(8-6-13)11-3-4-12(15)9-11/h9-10H,3-8H2,1-2H3. The van der Waals surface area contributed by atoms with Gasteiger partial charge in [-0.25, -0.2) is 0 Å². The van der Waals surface area contributed by atoms with Crippen molar-refractivity contribution in [1.82, 2.24) is 9.80 Å². The Kier molecular flexibility index (Phi) is 3.10. The quantitative estimate of drug-likeness (QED) is 0.682. The van der Waals surface area contributed by atoms with Gasteiger partial charge in [0.15, 0.2) is 5.78 Å². The number of carbonyl (C=O) groups excluding carboxylic acids is 1. The largest absolute Gasteiger partial charge is 0.372 e. The summed E-state index contributed by atoms with van der Waals surface area (Å²) in [7, 11) is 0. The van der Waals surface area contributed by atoms with Gasteiger partial charge in [0, 0.05) is 50.4 Å². The van der Waals surface area contributed by atoms with Gasteiger partial charge in [-0.3, -0.25) is 9.69 Å². The van der Waals surface area contributed by atoms with Crippen molar-refractivity contribution in [2.24, 2.45) is 0 Å². The maximum absolute atomic E-state index is 11.2. The number of piperazine rings is 1. The van der Waals surface area contributed by atoms with Crippen LogP contribution in [0.25, 0.3) is 0 Å². The minimum Gasteiger partial charge on any atom is -0.372 e. The molecule has 0 radical (unpaired) electrons. The summed E-state index contributed by atoms with van der Waals surface area (Å²) in [4.78, 5) is 16.0. The van der Waals surface area contributed by atoms with Crippen LogP contribution in [0.15, 0.2) is 11.8 Å². The van der Waals surface area contributed by atoms with Crippen LogP contribution in [0.5, 0.6) is 0 Å². The van der Waals surface area contributed by atoms with Crippen molar-refractivity contribution in [2.45, 2.75) is 32.7 Å².